The van der Waals surface area contributed by atoms with Crippen LogP contribution < -0.4 is 14.9 Å². The molecule has 0 N–H and O–H groups in total. The van der Waals surface area contributed by atoms with Gasteiger partial charge in [-0.1, -0.05) is 90.2 Å². The molecule has 0 amide bonds. The third kappa shape index (κ3) is 4.11. The van der Waals surface area contributed by atoms with E-state index in [4.69, 9.17) is 4.74 Å². The zero-order valence-corrected chi connectivity index (χ0v) is 21.8. The topological polar surface area (TPSA) is 65.6 Å². The lowest BCUT2D eigenvalue weighted by atomic mass is 9.96. The third-order valence-corrected chi connectivity index (χ3v) is 7.83. The van der Waals surface area contributed by atoms with Gasteiger partial charge in [0, 0.05) is 29.2 Å². The Bertz CT molecular complexity index is 1880. The maximum absolute atomic E-state index is 13.9. The van der Waals surface area contributed by atoms with Crippen molar-refractivity contribution in [2.24, 2.45) is 4.99 Å². The monoisotopic (exact) mass is 519 g/mol. The van der Waals surface area contributed by atoms with Gasteiger partial charge in [0.1, 0.15) is 0 Å². The lowest BCUT2D eigenvalue weighted by molar-refractivity contribution is -0.136. The van der Waals surface area contributed by atoms with Crippen LogP contribution in [0, 0.1) is 0 Å². The summed E-state index contributed by atoms with van der Waals surface area (Å²) >= 11 is 1.33. The molecule has 0 radical (unpaired) electrons. The number of rotatable bonds is 5. The van der Waals surface area contributed by atoms with Crippen LogP contribution in [0.15, 0.2) is 112 Å². The van der Waals surface area contributed by atoms with E-state index in [0.717, 1.165) is 28.6 Å². The Morgan fingerprint density at radius 1 is 1.00 bits per heavy atom. The number of carbonyl (C=O) groups is 1. The lowest BCUT2D eigenvalue weighted by Crippen LogP contribution is -2.39. The molecule has 7 heteroatoms. The second-order valence-electron chi connectivity index (χ2n) is 9.20. The molecular formula is C31H25N3O3S. The number of carbonyl (C=O) groups excluding carboxylic acids is 1. The van der Waals surface area contributed by atoms with Crippen molar-refractivity contribution in [2.45, 2.75) is 19.5 Å². The summed E-state index contributed by atoms with van der Waals surface area (Å²) in [5, 5.41) is 1.07. The van der Waals surface area contributed by atoms with Crippen molar-refractivity contribution >= 4 is 34.3 Å². The fourth-order valence-corrected chi connectivity index (χ4v) is 6.12. The Hall–Kier alpha value is -4.49. The maximum Gasteiger partial charge on any atom is 0.338 e. The van der Waals surface area contributed by atoms with E-state index in [1.807, 2.05) is 66.7 Å². The molecule has 3 aromatic carbocycles. The van der Waals surface area contributed by atoms with Crippen molar-refractivity contribution in [3.63, 3.8) is 0 Å². The number of fused-ring (bicyclic) bond motifs is 2. The molecule has 188 valence electrons. The number of benzene rings is 3. The van der Waals surface area contributed by atoms with Crippen LogP contribution >= 0.6 is 11.3 Å². The number of esters is 1. The van der Waals surface area contributed by atoms with Gasteiger partial charge in [-0.3, -0.25) is 9.36 Å². The van der Waals surface area contributed by atoms with Crippen molar-refractivity contribution < 1.29 is 9.53 Å². The van der Waals surface area contributed by atoms with E-state index in [2.05, 4.69) is 40.0 Å². The minimum absolute atomic E-state index is 0.184. The summed E-state index contributed by atoms with van der Waals surface area (Å²) in [6.07, 6.45) is 4.03. The number of methoxy groups -OCH3 is 1. The predicted molar refractivity (Wildman–Crippen MR) is 150 cm³/mol. The van der Waals surface area contributed by atoms with Crippen LogP contribution in [-0.4, -0.2) is 22.2 Å². The normalized spacial score (nSPS) is 15.4. The van der Waals surface area contributed by atoms with Gasteiger partial charge in [0.15, 0.2) is 4.80 Å². The van der Waals surface area contributed by atoms with Gasteiger partial charge in [-0.25, -0.2) is 9.79 Å². The second-order valence-corrected chi connectivity index (χ2v) is 10.2. The summed E-state index contributed by atoms with van der Waals surface area (Å²) in [6, 6.07) is 27.4. The highest BCUT2D eigenvalue weighted by Crippen LogP contribution is 2.30. The molecule has 6 rings (SSSR count). The fraction of sp³-hybridized carbons (Fsp3) is 0.129. The predicted octanol–water partition coefficient (Wildman–Crippen LogP) is 4.41. The Balaban J connectivity index is 1.53. The van der Waals surface area contributed by atoms with E-state index in [1.54, 1.807) is 11.5 Å². The third-order valence-electron chi connectivity index (χ3n) is 6.84. The van der Waals surface area contributed by atoms with E-state index in [-0.39, 0.29) is 5.56 Å². The molecule has 0 fully saturated rings. The van der Waals surface area contributed by atoms with Crippen molar-refractivity contribution in [2.75, 3.05) is 7.11 Å². The number of para-hydroxylation sites is 1. The average Bonchev–Trinajstić information content (AvgIpc) is 3.45. The summed E-state index contributed by atoms with van der Waals surface area (Å²) < 4.78 is 9.48. The molecule has 6 nitrogen and oxygen atoms in total. The molecular weight excluding hydrogens is 494 g/mol. The van der Waals surface area contributed by atoms with Gasteiger partial charge in [-0.15, -0.1) is 0 Å². The van der Waals surface area contributed by atoms with E-state index in [1.165, 1.54) is 24.0 Å². The number of ether oxygens (including phenoxy) is 1. The van der Waals surface area contributed by atoms with E-state index >= 15 is 0 Å². The van der Waals surface area contributed by atoms with Gasteiger partial charge in [0.2, 0.25) is 0 Å². The van der Waals surface area contributed by atoms with Crippen LogP contribution in [0.3, 0.4) is 0 Å². The highest BCUT2D eigenvalue weighted by molar-refractivity contribution is 7.07. The van der Waals surface area contributed by atoms with Crippen LogP contribution in [0.1, 0.15) is 29.7 Å². The molecule has 0 saturated carbocycles. The number of nitrogens with zero attached hydrogens (tertiary/aromatic N) is 3. The van der Waals surface area contributed by atoms with Gasteiger partial charge in [0.25, 0.3) is 5.56 Å². The van der Waals surface area contributed by atoms with Gasteiger partial charge in [-0.2, -0.15) is 0 Å². The van der Waals surface area contributed by atoms with Crippen LogP contribution in [0.2, 0.25) is 0 Å². The molecule has 0 spiro atoms. The Kier molecular flexibility index (Phi) is 6.13. The van der Waals surface area contributed by atoms with Crippen molar-refractivity contribution in [1.29, 1.82) is 0 Å². The molecule has 1 aliphatic rings. The van der Waals surface area contributed by atoms with E-state index in [9.17, 15) is 9.59 Å². The largest absolute Gasteiger partial charge is 0.466 e. The summed E-state index contributed by atoms with van der Waals surface area (Å²) in [5.41, 5.74) is 4.83. The maximum atomic E-state index is 13.9. The fourth-order valence-electron chi connectivity index (χ4n) is 5.09. The zero-order valence-electron chi connectivity index (χ0n) is 21.0. The van der Waals surface area contributed by atoms with Crippen LogP contribution in [-0.2, 0) is 16.1 Å². The first-order valence-corrected chi connectivity index (χ1v) is 13.1. The second kappa shape index (κ2) is 9.76. The van der Waals surface area contributed by atoms with Gasteiger partial charge in [-0.05, 0) is 30.2 Å². The van der Waals surface area contributed by atoms with Crippen LogP contribution in [0.4, 0.5) is 0 Å². The first-order valence-electron chi connectivity index (χ1n) is 12.3. The molecule has 5 aromatic rings. The number of allylic oxidation sites excluding steroid dienone is 1. The molecule has 1 atom stereocenters. The quantitative estimate of drug-likeness (QED) is 0.323. The van der Waals surface area contributed by atoms with Crippen LogP contribution in [0.25, 0.3) is 17.0 Å². The van der Waals surface area contributed by atoms with Gasteiger partial charge < -0.3 is 9.30 Å². The van der Waals surface area contributed by atoms with Gasteiger partial charge in [0.05, 0.1) is 29.0 Å². The Morgan fingerprint density at radius 3 is 2.42 bits per heavy atom. The number of hydrogen-bond acceptors (Lipinski definition) is 5. The highest BCUT2D eigenvalue weighted by Gasteiger charge is 2.32. The van der Waals surface area contributed by atoms with Crippen molar-refractivity contribution in [3.8, 4) is 0 Å². The summed E-state index contributed by atoms with van der Waals surface area (Å²) in [6.45, 7) is 2.52. The molecule has 2 aromatic heterocycles. The summed E-state index contributed by atoms with van der Waals surface area (Å²) in [7, 11) is 1.35. The first-order chi connectivity index (χ1) is 18.5. The van der Waals surface area contributed by atoms with E-state index in [0.29, 0.717) is 20.6 Å². The lowest BCUT2D eigenvalue weighted by Gasteiger charge is -2.24. The molecule has 1 aliphatic heterocycles. The standard InChI is InChI=1S/C31H25N3O3S/c1-20-27(30(36)37-2)28(22-13-7-4-8-14-22)34-29(35)26(38-31(34)32-20)17-23-19-33(18-21-11-5-3-6-12-21)25-16-10-9-15-24(23)25/h3-17,19,28H,18H2,1-2H3/b26-17-/t28-/m0/s1. The molecule has 0 unspecified atom stereocenters. The van der Waals surface area contributed by atoms with Crippen molar-refractivity contribution in [3.05, 3.63) is 139 Å². The smallest absolute Gasteiger partial charge is 0.338 e. The summed E-state index contributed by atoms with van der Waals surface area (Å²) in [4.78, 5) is 31.9. The molecule has 0 bridgehead atoms. The number of hydrogen-bond donors (Lipinski definition) is 0. The number of thiazole rings is 1. The average molecular weight is 520 g/mol. The van der Waals surface area contributed by atoms with E-state index < -0.39 is 12.0 Å². The first kappa shape index (κ1) is 23.9. The minimum atomic E-state index is -0.610. The molecule has 0 saturated heterocycles. The molecule has 38 heavy (non-hydrogen) atoms. The summed E-state index contributed by atoms with van der Waals surface area (Å²) in [5.74, 6) is -0.488. The minimum Gasteiger partial charge on any atom is -0.466 e. The SMILES string of the molecule is COC(=O)C1=C(C)N=c2s/c(=C\c3cn(Cc4ccccc4)c4ccccc34)c(=O)n2[C@H]1c1ccccc1. The highest BCUT2D eigenvalue weighted by atomic mass is 32.1. The Morgan fingerprint density at radius 2 is 1.68 bits per heavy atom. The number of aromatic nitrogens is 2. The van der Waals surface area contributed by atoms with Gasteiger partial charge >= 0.3 is 5.97 Å². The molecule has 0 aliphatic carbocycles. The van der Waals surface area contributed by atoms with Crippen LogP contribution in [0.5, 0.6) is 0 Å². The van der Waals surface area contributed by atoms with Crippen molar-refractivity contribution in [1.82, 2.24) is 9.13 Å². The zero-order chi connectivity index (χ0) is 26.2. The molecule has 3 heterocycles. The Labute approximate surface area is 223 Å².